The van der Waals surface area contributed by atoms with Crippen LogP contribution in [0.25, 0.3) is 11.2 Å². The number of esters is 1. The molecule has 0 saturated heterocycles. The van der Waals surface area contributed by atoms with Gasteiger partial charge in [-0.05, 0) is 19.4 Å². The van der Waals surface area contributed by atoms with Crippen molar-refractivity contribution in [2.45, 2.75) is 25.9 Å². The quantitative estimate of drug-likeness (QED) is 0.683. The van der Waals surface area contributed by atoms with Gasteiger partial charge in [0.15, 0.2) is 11.2 Å². The second-order valence-electron chi connectivity index (χ2n) is 6.40. The van der Waals surface area contributed by atoms with Crippen molar-refractivity contribution in [1.82, 2.24) is 24.0 Å². The number of carbonyl (C=O) groups is 2. The number of nitrogens with zero attached hydrogens (tertiary/aromatic N) is 4. The molecule has 28 heavy (non-hydrogen) atoms. The van der Waals surface area contributed by atoms with Crippen LogP contribution in [0.4, 0.5) is 0 Å². The molecule has 1 aliphatic carbocycles. The van der Waals surface area contributed by atoms with Gasteiger partial charge in [0.25, 0.3) is 5.56 Å². The van der Waals surface area contributed by atoms with E-state index in [0.29, 0.717) is 18.6 Å². The van der Waals surface area contributed by atoms with Crippen molar-refractivity contribution in [3.63, 3.8) is 0 Å². The van der Waals surface area contributed by atoms with E-state index in [1.807, 2.05) is 0 Å². The number of fused-ring (bicyclic) bond motifs is 1. The molecule has 2 heterocycles. The zero-order valence-electron chi connectivity index (χ0n) is 15.8. The first-order valence-electron chi connectivity index (χ1n) is 8.79. The molecule has 1 atom stereocenters. The summed E-state index contributed by atoms with van der Waals surface area (Å²) in [5.74, 6) is -0.715. The summed E-state index contributed by atoms with van der Waals surface area (Å²) < 4.78 is 8.59. The van der Waals surface area contributed by atoms with Gasteiger partial charge in [-0.1, -0.05) is 12.2 Å². The normalized spacial score (nSPS) is 16.1. The topological polar surface area (TPSA) is 117 Å². The number of carbonyl (C=O) groups excluding carboxylic acids is 2. The number of rotatable bonds is 5. The third kappa shape index (κ3) is 3.53. The van der Waals surface area contributed by atoms with Gasteiger partial charge >= 0.3 is 11.7 Å². The van der Waals surface area contributed by atoms with E-state index in [2.05, 4.69) is 10.3 Å². The van der Waals surface area contributed by atoms with Crippen molar-refractivity contribution in [2.24, 2.45) is 14.1 Å². The van der Waals surface area contributed by atoms with E-state index >= 15 is 0 Å². The van der Waals surface area contributed by atoms with Crippen LogP contribution in [0.3, 0.4) is 0 Å². The molecule has 10 heteroatoms. The van der Waals surface area contributed by atoms with Crippen LogP contribution >= 0.6 is 0 Å². The van der Waals surface area contributed by atoms with Gasteiger partial charge in [-0.3, -0.25) is 18.7 Å². The number of hydrogen-bond donors (Lipinski definition) is 1. The van der Waals surface area contributed by atoms with Gasteiger partial charge in [-0.15, -0.1) is 0 Å². The monoisotopic (exact) mass is 387 g/mol. The van der Waals surface area contributed by atoms with Gasteiger partial charge in [0.2, 0.25) is 5.91 Å². The number of ether oxygens (including phenoxy) is 1. The first kappa shape index (κ1) is 19.3. The number of hydrogen-bond acceptors (Lipinski definition) is 6. The maximum Gasteiger partial charge on any atom is 0.337 e. The summed E-state index contributed by atoms with van der Waals surface area (Å²) in [6.07, 6.45) is 6.86. The molecule has 0 bridgehead atoms. The third-order valence-corrected chi connectivity index (χ3v) is 4.49. The second kappa shape index (κ2) is 7.67. The number of imidazole rings is 1. The van der Waals surface area contributed by atoms with Gasteiger partial charge < -0.3 is 14.6 Å². The Bertz CT molecular complexity index is 1120. The first-order valence-corrected chi connectivity index (χ1v) is 8.79. The number of aromatic nitrogens is 4. The van der Waals surface area contributed by atoms with E-state index in [0.717, 1.165) is 4.57 Å². The van der Waals surface area contributed by atoms with Crippen LogP contribution in [0.5, 0.6) is 0 Å². The van der Waals surface area contributed by atoms with Crippen LogP contribution in [0, 0.1) is 0 Å². The SMILES string of the molecule is CCOC(=O)C1=CCC(NC(=O)Cn2cnc3c2c(=O)n(C)c(=O)n3C)C=C1. The van der Waals surface area contributed by atoms with E-state index in [4.69, 9.17) is 4.74 Å². The zero-order chi connectivity index (χ0) is 20.4. The standard InChI is InChI=1S/C18H21N5O5/c1-4-28-17(26)11-5-7-12(8-6-11)20-13(24)9-23-10-19-15-14(23)16(25)22(3)18(27)21(15)2/h5-7,10,12H,4,8-9H2,1-3H3,(H,20,24). The molecule has 0 fully saturated rings. The fraction of sp³-hybridized carbons (Fsp3) is 0.389. The molecule has 3 rings (SSSR count). The average molecular weight is 387 g/mol. The minimum Gasteiger partial charge on any atom is -0.462 e. The van der Waals surface area contributed by atoms with Gasteiger partial charge in [0.1, 0.15) is 6.54 Å². The summed E-state index contributed by atoms with van der Waals surface area (Å²) in [6.45, 7) is 1.91. The highest BCUT2D eigenvalue weighted by atomic mass is 16.5. The average Bonchev–Trinajstić information content (AvgIpc) is 3.09. The lowest BCUT2D eigenvalue weighted by Crippen LogP contribution is -2.39. The molecule has 0 spiro atoms. The van der Waals surface area contributed by atoms with E-state index in [1.54, 1.807) is 25.2 Å². The van der Waals surface area contributed by atoms with Crippen LogP contribution in [0.2, 0.25) is 0 Å². The number of nitrogens with one attached hydrogen (secondary N) is 1. The predicted molar refractivity (Wildman–Crippen MR) is 101 cm³/mol. The molecule has 0 radical (unpaired) electrons. The third-order valence-electron chi connectivity index (χ3n) is 4.49. The molecule has 0 aliphatic heterocycles. The van der Waals surface area contributed by atoms with E-state index < -0.39 is 17.2 Å². The lowest BCUT2D eigenvalue weighted by molar-refractivity contribution is -0.138. The van der Waals surface area contributed by atoms with Gasteiger partial charge in [0.05, 0.1) is 24.5 Å². The smallest absolute Gasteiger partial charge is 0.337 e. The Morgan fingerprint density at radius 1 is 1.29 bits per heavy atom. The van der Waals surface area contributed by atoms with E-state index in [1.165, 1.54) is 29.6 Å². The summed E-state index contributed by atoms with van der Waals surface area (Å²) in [4.78, 5) is 52.5. The van der Waals surface area contributed by atoms with Crippen LogP contribution < -0.4 is 16.6 Å². The number of amides is 1. The van der Waals surface area contributed by atoms with Crippen LogP contribution in [0.1, 0.15) is 13.3 Å². The van der Waals surface area contributed by atoms with Gasteiger partial charge in [-0.25, -0.2) is 14.6 Å². The largest absolute Gasteiger partial charge is 0.462 e. The molecule has 2 aromatic rings. The highest BCUT2D eigenvalue weighted by molar-refractivity contribution is 5.92. The summed E-state index contributed by atoms with van der Waals surface area (Å²) in [6, 6.07) is -0.271. The summed E-state index contributed by atoms with van der Waals surface area (Å²) in [5.41, 5.74) is -0.132. The molecule has 2 aromatic heterocycles. The first-order chi connectivity index (χ1) is 13.3. The molecule has 0 aromatic carbocycles. The predicted octanol–water partition coefficient (Wildman–Crippen LogP) is -0.632. The van der Waals surface area contributed by atoms with Crippen molar-refractivity contribution in [3.05, 3.63) is 51.0 Å². The summed E-state index contributed by atoms with van der Waals surface area (Å²) in [7, 11) is 2.89. The highest BCUT2D eigenvalue weighted by Gasteiger charge is 2.19. The van der Waals surface area contributed by atoms with Crippen LogP contribution in [-0.2, 0) is 35.0 Å². The molecule has 1 N–H and O–H groups in total. The van der Waals surface area contributed by atoms with Gasteiger partial charge in [0, 0.05) is 14.1 Å². The minimum atomic E-state index is -0.511. The number of aryl methyl sites for hydroxylation is 1. The minimum absolute atomic E-state index is 0.122. The maximum absolute atomic E-state index is 12.4. The van der Waals surface area contributed by atoms with Crippen molar-refractivity contribution in [1.29, 1.82) is 0 Å². The fourth-order valence-electron chi connectivity index (χ4n) is 3.02. The molecule has 148 valence electrons. The van der Waals surface area contributed by atoms with Gasteiger partial charge in [-0.2, -0.15) is 0 Å². The Balaban J connectivity index is 1.72. The Hall–Kier alpha value is -3.43. The molecule has 1 unspecified atom stereocenters. The maximum atomic E-state index is 12.4. The summed E-state index contributed by atoms with van der Waals surface area (Å²) >= 11 is 0. The summed E-state index contributed by atoms with van der Waals surface area (Å²) in [5, 5.41) is 2.82. The molecular weight excluding hydrogens is 366 g/mol. The zero-order valence-corrected chi connectivity index (χ0v) is 15.8. The Kier molecular flexibility index (Phi) is 5.30. The molecule has 10 nitrogen and oxygen atoms in total. The Labute approximate surface area is 159 Å². The second-order valence-corrected chi connectivity index (χ2v) is 6.40. The van der Waals surface area contributed by atoms with Crippen LogP contribution in [-0.4, -0.2) is 43.2 Å². The molecular formula is C18H21N5O5. The fourth-order valence-corrected chi connectivity index (χ4v) is 3.02. The molecule has 0 saturated carbocycles. The lowest BCUT2D eigenvalue weighted by atomic mass is 10.0. The van der Waals surface area contributed by atoms with Crippen LogP contribution in [0.15, 0.2) is 39.7 Å². The Morgan fingerprint density at radius 3 is 2.68 bits per heavy atom. The van der Waals surface area contributed by atoms with Crippen molar-refractivity contribution in [2.75, 3.05) is 6.61 Å². The van der Waals surface area contributed by atoms with Crippen molar-refractivity contribution < 1.29 is 14.3 Å². The Morgan fingerprint density at radius 2 is 2.04 bits per heavy atom. The molecule has 1 amide bonds. The van der Waals surface area contributed by atoms with E-state index in [-0.39, 0.29) is 29.7 Å². The lowest BCUT2D eigenvalue weighted by Gasteiger charge is -2.17. The van der Waals surface area contributed by atoms with Crippen molar-refractivity contribution in [3.8, 4) is 0 Å². The van der Waals surface area contributed by atoms with Crippen molar-refractivity contribution >= 4 is 23.0 Å². The highest BCUT2D eigenvalue weighted by Crippen LogP contribution is 2.12. The van der Waals surface area contributed by atoms with E-state index in [9.17, 15) is 19.2 Å². The molecule has 1 aliphatic rings.